The normalized spacial score (nSPS) is 24.5. The van der Waals surface area contributed by atoms with Gasteiger partial charge in [-0.3, -0.25) is 19.3 Å². The van der Waals surface area contributed by atoms with Crippen LogP contribution < -0.4 is 11.1 Å². The molecule has 1 aliphatic heterocycles. The van der Waals surface area contributed by atoms with Crippen molar-refractivity contribution in [3.05, 3.63) is 53.5 Å². The van der Waals surface area contributed by atoms with E-state index in [9.17, 15) is 24.0 Å². The first kappa shape index (κ1) is 21.8. The number of nitrogens with two attached hydrogens (primary N) is 1. The van der Waals surface area contributed by atoms with Gasteiger partial charge >= 0.3 is 0 Å². The average Bonchev–Trinajstić information content (AvgIpc) is 3.57. The van der Waals surface area contributed by atoms with E-state index >= 15 is 0 Å². The second kappa shape index (κ2) is 8.41. The van der Waals surface area contributed by atoms with Crippen LogP contribution in [0.2, 0.25) is 0 Å². The summed E-state index contributed by atoms with van der Waals surface area (Å²) in [5.74, 6) is -1.55. The number of aryl methyl sites for hydroxylation is 1. The number of nitrogens with zero attached hydrogens (tertiary/aromatic N) is 4. The number of hydrogen-bond donors (Lipinski definition) is 2. The van der Waals surface area contributed by atoms with E-state index < -0.39 is 11.7 Å². The SMILES string of the molecule is N#Cc1c(CCCNC(=O)CN2C(=O)C3C4C=CC(C4)C3C2=O)nn(-c2ccc(F)cc2)c1N. The summed E-state index contributed by atoms with van der Waals surface area (Å²) in [4.78, 5) is 38.9. The number of aromatic nitrogens is 2. The van der Waals surface area contributed by atoms with E-state index in [4.69, 9.17) is 5.73 Å². The minimum absolute atomic E-state index is 0.107. The highest BCUT2D eigenvalue weighted by atomic mass is 19.1. The number of carbonyl (C=O) groups excluding carboxylic acids is 3. The predicted octanol–water partition coefficient (Wildman–Crippen LogP) is 1.32. The lowest BCUT2D eigenvalue weighted by Crippen LogP contribution is -2.42. The summed E-state index contributed by atoms with van der Waals surface area (Å²) in [5, 5.41) is 16.6. The van der Waals surface area contributed by atoms with Crippen molar-refractivity contribution in [2.75, 3.05) is 18.8 Å². The molecule has 1 saturated heterocycles. The Hall–Kier alpha value is -4.00. The van der Waals surface area contributed by atoms with E-state index in [1.807, 2.05) is 18.2 Å². The van der Waals surface area contributed by atoms with Crippen LogP contribution >= 0.6 is 0 Å². The quantitative estimate of drug-likeness (QED) is 0.362. The third-order valence-corrected chi connectivity index (χ3v) is 6.95. The topological polar surface area (TPSA) is 134 Å². The monoisotopic (exact) mass is 462 g/mol. The molecule has 2 fully saturated rings. The molecule has 3 aliphatic rings. The highest BCUT2D eigenvalue weighted by Gasteiger charge is 2.59. The molecule has 0 spiro atoms. The van der Waals surface area contributed by atoms with Crippen LogP contribution in [-0.4, -0.2) is 45.5 Å². The summed E-state index contributed by atoms with van der Waals surface area (Å²) >= 11 is 0. The number of fused-ring (bicyclic) bond motifs is 5. The van der Waals surface area contributed by atoms with Crippen molar-refractivity contribution < 1.29 is 18.8 Å². The maximum atomic E-state index is 13.2. The first-order chi connectivity index (χ1) is 16.4. The molecule has 1 saturated carbocycles. The number of halogens is 1. The van der Waals surface area contributed by atoms with Crippen LogP contribution in [0.15, 0.2) is 36.4 Å². The molecule has 1 aromatic carbocycles. The molecule has 2 heterocycles. The van der Waals surface area contributed by atoms with Crippen LogP contribution in [0.3, 0.4) is 0 Å². The number of rotatable bonds is 7. The zero-order valence-corrected chi connectivity index (χ0v) is 18.3. The molecule has 174 valence electrons. The van der Waals surface area contributed by atoms with Gasteiger partial charge < -0.3 is 11.1 Å². The number of hydrogen-bond acceptors (Lipinski definition) is 6. The van der Waals surface area contributed by atoms with Gasteiger partial charge in [0.25, 0.3) is 0 Å². The number of nitrogen functional groups attached to an aromatic ring is 1. The molecular formula is C24H23FN6O3. The lowest BCUT2D eigenvalue weighted by atomic mass is 9.85. The molecule has 2 bridgehead atoms. The van der Waals surface area contributed by atoms with Gasteiger partial charge in [-0.05, 0) is 55.4 Å². The molecule has 9 nitrogen and oxygen atoms in total. The minimum atomic E-state index is -0.404. The van der Waals surface area contributed by atoms with Gasteiger partial charge in [-0.1, -0.05) is 12.2 Å². The highest BCUT2D eigenvalue weighted by molar-refractivity contribution is 6.08. The zero-order chi connectivity index (χ0) is 24.0. The molecule has 34 heavy (non-hydrogen) atoms. The number of nitriles is 1. The number of imide groups is 1. The summed E-state index contributed by atoms with van der Waals surface area (Å²) in [6, 6.07) is 7.64. The average molecular weight is 462 g/mol. The summed E-state index contributed by atoms with van der Waals surface area (Å²) in [6.07, 6.45) is 5.73. The van der Waals surface area contributed by atoms with Gasteiger partial charge in [0.2, 0.25) is 17.7 Å². The van der Waals surface area contributed by atoms with Gasteiger partial charge in [0, 0.05) is 6.54 Å². The first-order valence-electron chi connectivity index (χ1n) is 11.2. The van der Waals surface area contributed by atoms with Gasteiger partial charge in [0.05, 0.1) is 23.2 Å². The highest BCUT2D eigenvalue weighted by Crippen LogP contribution is 2.52. The number of benzene rings is 1. The first-order valence-corrected chi connectivity index (χ1v) is 11.2. The molecule has 3 N–H and O–H groups in total. The Morgan fingerprint density at radius 2 is 1.82 bits per heavy atom. The molecule has 10 heteroatoms. The molecule has 5 rings (SSSR count). The maximum Gasteiger partial charge on any atom is 0.240 e. The second-order valence-corrected chi connectivity index (χ2v) is 8.92. The standard InChI is InChI=1S/C24H23FN6O3/c25-15-5-7-16(8-6-15)31-22(27)17(11-26)18(29-31)2-1-9-28-19(32)12-30-23(33)20-13-3-4-14(10-13)21(20)24(30)34/h3-8,13-14,20-21H,1-2,9-10,12,27H2,(H,28,32). The third kappa shape index (κ3) is 3.53. The van der Waals surface area contributed by atoms with E-state index in [-0.39, 0.29) is 60.0 Å². The minimum Gasteiger partial charge on any atom is -0.382 e. The van der Waals surface area contributed by atoms with Crippen molar-refractivity contribution in [3.63, 3.8) is 0 Å². The van der Waals surface area contributed by atoms with Crippen LogP contribution in [0, 0.1) is 40.8 Å². The second-order valence-electron chi connectivity index (χ2n) is 8.92. The molecule has 2 aromatic rings. The Balaban J connectivity index is 1.15. The van der Waals surface area contributed by atoms with Crippen LogP contribution in [0.4, 0.5) is 10.2 Å². The third-order valence-electron chi connectivity index (χ3n) is 6.95. The van der Waals surface area contributed by atoms with Gasteiger partial charge in [0.1, 0.15) is 29.8 Å². The number of amides is 3. The van der Waals surface area contributed by atoms with Gasteiger partial charge in [-0.25, -0.2) is 9.07 Å². The lowest BCUT2D eigenvalue weighted by molar-refractivity contribution is -0.144. The number of anilines is 1. The van der Waals surface area contributed by atoms with Crippen LogP contribution in [0.5, 0.6) is 0 Å². The Labute approximate surface area is 195 Å². The fourth-order valence-corrected chi connectivity index (χ4v) is 5.36. The van der Waals surface area contributed by atoms with Crippen molar-refractivity contribution in [2.24, 2.45) is 23.7 Å². The van der Waals surface area contributed by atoms with Gasteiger partial charge in [-0.15, -0.1) is 0 Å². The number of allylic oxidation sites excluding steroid dienone is 2. The van der Waals surface area contributed by atoms with Crippen LogP contribution in [-0.2, 0) is 20.8 Å². The summed E-state index contributed by atoms with van der Waals surface area (Å²) in [7, 11) is 0. The molecule has 4 unspecified atom stereocenters. The van der Waals surface area contributed by atoms with E-state index in [1.165, 1.54) is 28.9 Å². The summed E-state index contributed by atoms with van der Waals surface area (Å²) in [6.45, 7) is 0.00257. The van der Waals surface area contributed by atoms with E-state index in [2.05, 4.69) is 10.4 Å². The molecular weight excluding hydrogens is 439 g/mol. The van der Waals surface area contributed by atoms with E-state index in [1.54, 1.807) is 0 Å². The Morgan fingerprint density at radius 1 is 1.18 bits per heavy atom. The molecule has 0 radical (unpaired) electrons. The van der Waals surface area contributed by atoms with Crippen molar-refractivity contribution >= 4 is 23.5 Å². The van der Waals surface area contributed by atoms with Crippen LogP contribution in [0.25, 0.3) is 5.69 Å². The van der Waals surface area contributed by atoms with Crippen molar-refractivity contribution in [1.29, 1.82) is 5.26 Å². The van der Waals surface area contributed by atoms with Crippen LogP contribution in [0.1, 0.15) is 24.1 Å². The Bertz CT molecular complexity index is 1210. The van der Waals surface area contributed by atoms with Gasteiger partial charge in [-0.2, -0.15) is 10.4 Å². The molecule has 4 atom stereocenters. The predicted molar refractivity (Wildman–Crippen MR) is 118 cm³/mol. The van der Waals surface area contributed by atoms with Crippen molar-refractivity contribution in [1.82, 2.24) is 20.0 Å². The lowest BCUT2D eigenvalue weighted by Gasteiger charge is -2.16. The van der Waals surface area contributed by atoms with E-state index in [0.29, 0.717) is 24.2 Å². The molecule has 3 amide bonds. The van der Waals surface area contributed by atoms with Gasteiger partial charge in [0.15, 0.2) is 0 Å². The fraction of sp³-hybridized carbons (Fsp3) is 0.375. The molecule has 2 aliphatic carbocycles. The molecule has 1 aromatic heterocycles. The summed E-state index contributed by atoms with van der Waals surface area (Å²) < 4.78 is 14.6. The zero-order valence-electron chi connectivity index (χ0n) is 18.3. The van der Waals surface area contributed by atoms with Crippen molar-refractivity contribution in [2.45, 2.75) is 19.3 Å². The smallest absolute Gasteiger partial charge is 0.240 e. The Kier molecular flexibility index (Phi) is 5.40. The summed E-state index contributed by atoms with van der Waals surface area (Å²) in [5.41, 5.74) is 7.30. The number of likely N-dealkylation sites (tertiary alicyclic amines) is 1. The number of carbonyl (C=O) groups is 3. The fourth-order valence-electron chi connectivity index (χ4n) is 5.36. The number of nitrogens with one attached hydrogen (secondary N) is 1. The Morgan fingerprint density at radius 3 is 2.44 bits per heavy atom. The van der Waals surface area contributed by atoms with Crippen molar-refractivity contribution in [3.8, 4) is 11.8 Å². The maximum absolute atomic E-state index is 13.2. The largest absolute Gasteiger partial charge is 0.382 e. The van der Waals surface area contributed by atoms with E-state index in [0.717, 1.165) is 11.3 Å².